The molecule has 0 radical (unpaired) electrons. The number of nitrogens with one attached hydrogen (secondary N) is 1. The fourth-order valence-electron chi connectivity index (χ4n) is 2.43. The van der Waals surface area contributed by atoms with E-state index in [0.29, 0.717) is 17.3 Å². The van der Waals surface area contributed by atoms with Gasteiger partial charge >= 0.3 is 0 Å². The summed E-state index contributed by atoms with van der Waals surface area (Å²) in [4.78, 5) is 12.2. The molecule has 0 spiro atoms. The third kappa shape index (κ3) is 3.73. The highest BCUT2D eigenvalue weighted by molar-refractivity contribution is 5.93. The highest BCUT2D eigenvalue weighted by Gasteiger charge is 2.17. The number of hydrogen-bond acceptors (Lipinski definition) is 3. The Morgan fingerprint density at radius 1 is 1.53 bits per heavy atom. The van der Waals surface area contributed by atoms with Crippen LogP contribution in [0.1, 0.15) is 36.7 Å². The quantitative estimate of drug-likeness (QED) is 0.850. The lowest BCUT2D eigenvalue weighted by molar-refractivity contribution is 0.0641. The van der Waals surface area contributed by atoms with E-state index in [1.165, 1.54) is 0 Å². The second-order valence-corrected chi connectivity index (χ2v) is 5.12. The van der Waals surface area contributed by atoms with E-state index < -0.39 is 0 Å². The number of carbonyl (C=O) groups is 1. The average Bonchev–Trinajstić information content (AvgIpc) is 2.79. The van der Waals surface area contributed by atoms with Gasteiger partial charge in [-0.3, -0.25) is 4.79 Å². The monoisotopic (exact) mass is 265 g/mol. The highest BCUT2D eigenvalue weighted by atomic mass is 16.5. The lowest BCUT2D eigenvalue weighted by atomic mass is 10.0. The maximum Gasteiger partial charge on any atom is 0.267 e. The standard InChI is InChI=1S/C14H23N3O2/c1-2-5-17-10-12(15)8-13(17)14(18)16-9-11-3-6-19-7-4-11/h8,10-11H,2-7,9,15H2,1H3,(H,16,18). The van der Waals surface area contributed by atoms with Gasteiger partial charge in [-0.05, 0) is 31.2 Å². The van der Waals surface area contributed by atoms with Crippen LogP contribution in [0, 0.1) is 5.92 Å². The van der Waals surface area contributed by atoms with Gasteiger partial charge in [-0.25, -0.2) is 0 Å². The number of ether oxygens (including phenoxy) is 1. The van der Waals surface area contributed by atoms with E-state index in [0.717, 1.165) is 45.6 Å². The molecular weight excluding hydrogens is 242 g/mol. The minimum absolute atomic E-state index is 0.0309. The van der Waals surface area contributed by atoms with Crippen LogP contribution in [0.2, 0.25) is 0 Å². The van der Waals surface area contributed by atoms with Gasteiger partial charge in [0.15, 0.2) is 0 Å². The second-order valence-electron chi connectivity index (χ2n) is 5.12. The third-order valence-electron chi connectivity index (χ3n) is 3.51. The van der Waals surface area contributed by atoms with Crippen molar-refractivity contribution in [2.45, 2.75) is 32.7 Å². The van der Waals surface area contributed by atoms with E-state index in [1.807, 2.05) is 10.8 Å². The molecule has 2 rings (SSSR count). The van der Waals surface area contributed by atoms with Crippen molar-refractivity contribution in [3.05, 3.63) is 18.0 Å². The summed E-state index contributed by atoms with van der Waals surface area (Å²) in [7, 11) is 0. The number of amides is 1. The Kier molecular flexibility index (Phi) is 4.85. The second kappa shape index (κ2) is 6.61. The molecule has 1 fully saturated rings. The molecule has 106 valence electrons. The molecule has 1 aliphatic heterocycles. The zero-order chi connectivity index (χ0) is 13.7. The fourth-order valence-corrected chi connectivity index (χ4v) is 2.43. The van der Waals surface area contributed by atoms with Crippen LogP contribution in [0.4, 0.5) is 5.69 Å². The van der Waals surface area contributed by atoms with Crippen molar-refractivity contribution in [3.8, 4) is 0 Å². The summed E-state index contributed by atoms with van der Waals surface area (Å²) >= 11 is 0. The Balaban J connectivity index is 1.91. The molecule has 0 aromatic carbocycles. The molecule has 0 saturated carbocycles. The fraction of sp³-hybridized carbons (Fsp3) is 0.643. The van der Waals surface area contributed by atoms with Crippen LogP contribution in [0.25, 0.3) is 0 Å². The Hall–Kier alpha value is -1.49. The van der Waals surface area contributed by atoms with Crippen molar-refractivity contribution in [2.75, 3.05) is 25.5 Å². The van der Waals surface area contributed by atoms with Crippen molar-refractivity contribution in [2.24, 2.45) is 5.92 Å². The predicted molar refractivity (Wildman–Crippen MR) is 75.0 cm³/mol. The van der Waals surface area contributed by atoms with E-state index in [9.17, 15) is 4.79 Å². The number of aryl methyl sites for hydroxylation is 1. The first-order valence-corrected chi connectivity index (χ1v) is 7.02. The highest BCUT2D eigenvalue weighted by Crippen LogP contribution is 2.15. The zero-order valence-corrected chi connectivity index (χ0v) is 11.5. The molecular formula is C14H23N3O2. The number of anilines is 1. The summed E-state index contributed by atoms with van der Waals surface area (Å²) in [5.74, 6) is 0.501. The first-order chi connectivity index (χ1) is 9.20. The van der Waals surface area contributed by atoms with Gasteiger partial charge in [0.1, 0.15) is 5.69 Å². The van der Waals surface area contributed by atoms with Crippen molar-refractivity contribution < 1.29 is 9.53 Å². The third-order valence-corrected chi connectivity index (χ3v) is 3.51. The molecule has 0 atom stereocenters. The summed E-state index contributed by atoms with van der Waals surface area (Å²) in [5, 5.41) is 3.01. The van der Waals surface area contributed by atoms with Crippen molar-refractivity contribution in [3.63, 3.8) is 0 Å². The van der Waals surface area contributed by atoms with Gasteiger partial charge in [0.2, 0.25) is 0 Å². The summed E-state index contributed by atoms with van der Waals surface area (Å²) in [6.45, 7) is 5.23. The molecule has 2 heterocycles. The number of carbonyl (C=O) groups excluding carboxylic acids is 1. The topological polar surface area (TPSA) is 69.3 Å². The Morgan fingerprint density at radius 2 is 2.26 bits per heavy atom. The summed E-state index contributed by atoms with van der Waals surface area (Å²) in [6, 6.07) is 1.75. The van der Waals surface area contributed by atoms with Crippen LogP contribution < -0.4 is 11.1 Å². The normalized spacial score (nSPS) is 16.5. The van der Waals surface area contributed by atoms with Crippen LogP contribution in [0.5, 0.6) is 0 Å². The zero-order valence-electron chi connectivity index (χ0n) is 11.5. The molecule has 3 N–H and O–H groups in total. The first kappa shape index (κ1) is 13.9. The van der Waals surface area contributed by atoms with Crippen LogP contribution in [-0.2, 0) is 11.3 Å². The largest absolute Gasteiger partial charge is 0.397 e. The molecule has 1 aliphatic rings. The van der Waals surface area contributed by atoms with E-state index >= 15 is 0 Å². The van der Waals surface area contributed by atoms with Crippen LogP contribution in [0.15, 0.2) is 12.3 Å². The molecule has 5 heteroatoms. The minimum Gasteiger partial charge on any atom is -0.397 e. The summed E-state index contributed by atoms with van der Waals surface area (Å²) in [6.07, 6.45) is 4.86. The van der Waals surface area contributed by atoms with Gasteiger partial charge in [0.05, 0.1) is 5.69 Å². The van der Waals surface area contributed by atoms with Gasteiger partial charge in [0, 0.05) is 32.5 Å². The molecule has 5 nitrogen and oxygen atoms in total. The molecule has 1 aromatic rings. The van der Waals surface area contributed by atoms with Gasteiger partial charge in [0.25, 0.3) is 5.91 Å². The molecule has 1 aromatic heterocycles. The van der Waals surface area contributed by atoms with E-state index in [1.54, 1.807) is 6.07 Å². The average molecular weight is 265 g/mol. The van der Waals surface area contributed by atoms with Crippen molar-refractivity contribution >= 4 is 11.6 Å². The number of nitrogen functional groups attached to an aromatic ring is 1. The maximum atomic E-state index is 12.2. The van der Waals surface area contributed by atoms with Gasteiger partial charge in [-0.15, -0.1) is 0 Å². The lowest BCUT2D eigenvalue weighted by Crippen LogP contribution is -2.33. The molecule has 0 unspecified atom stereocenters. The first-order valence-electron chi connectivity index (χ1n) is 7.02. The SMILES string of the molecule is CCCn1cc(N)cc1C(=O)NCC1CCOCC1. The van der Waals surface area contributed by atoms with Crippen molar-refractivity contribution in [1.29, 1.82) is 0 Å². The Morgan fingerprint density at radius 3 is 2.95 bits per heavy atom. The maximum absolute atomic E-state index is 12.2. The Labute approximate surface area is 114 Å². The summed E-state index contributed by atoms with van der Waals surface area (Å²) < 4.78 is 7.24. The molecule has 1 saturated heterocycles. The van der Waals surface area contributed by atoms with Crippen molar-refractivity contribution in [1.82, 2.24) is 9.88 Å². The number of aromatic nitrogens is 1. The predicted octanol–water partition coefficient (Wildman–Crippen LogP) is 1.64. The van der Waals surface area contributed by atoms with Crippen LogP contribution >= 0.6 is 0 Å². The summed E-state index contributed by atoms with van der Waals surface area (Å²) in [5.41, 5.74) is 7.07. The molecule has 19 heavy (non-hydrogen) atoms. The number of nitrogens with zero attached hydrogens (tertiary/aromatic N) is 1. The number of hydrogen-bond donors (Lipinski definition) is 2. The Bertz CT molecular complexity index is 422. The lowest BCUT2D eigenvalue weighted by Gasteiger charge is -2.22. The van der Waals surface area contributed by atoms with Crippen LogP contribution in [0.3, 0.4) is 0 Å². The minimum atomic E-state index is -0.0309. The van der Waals surface area contributed by atoms with Gasteiger partial charge < -0.3 is 20.4 Å². The molecule has 0 bridgehead atoms. The molecule has 1 amide bonds. The number of rotatable bonds is 5. The van der Waals surface area contributed by atoms with Crippen LogP contribution in [-0.4, -0.2) is 30.2 Å². The van der Waals surface area contributed by atoms with E-state index in [-0.39, 0.29) is 5.91 Å². The van der Waals surface area contributed by atoms with Gasteiger partial charge in [-0.1, -0.05) is 6.92 Å². The number of nitrogens with two attached hydrogens (primary N) is 1. The molecule has 0 aliphatic carbocycles. The van der Waals surface area contributed by atoms with Gasteiger partial charge in [-0.2, -0.15) is 0 Å². The smallest absolute Gasteiger partial charge is 0.267 e. The van der Waals surface area contributed by atoms with E-state index in [2.05, 4.69) is 12.2 Å². The van der Waals surface area contributed by atoms with E-state index in [4.69, 9.17) is 10.5 Å².